The second-order valence-corrected chi connectivity index (χ2v) is 15.3. The van der Waals surface area contributed by atoms with Crippen LogP contribution in [0.2, 0.25) is 0 Å². The molecule has 1 unspecified atom stereocenters. The van der Waals surface area contributed by atoms with Crippen molar-refractivity contribution in [3.8, 4) is 61.3 Å². The molecule has 0 saturated carbocycles. The Morgan fingerprint density at radius 1 is 0.473 bits per heavy atom. The third-order valence-corrected chi connectivity index (χ3v) is 12.1. The molecule has 2 aromatic heterocycles. The van der Waals surface area contributed by atoms with Crippen molar-refractivity contribution in [3.63, 3.8) is 0 Å². The van der Waals surface area contributed by atoms with E-state index in [1.54, 1.807) is 0 Å². The largest absolute Gasteiger partial charge is 0.460 e. The molecule has 0 fully saturated rings. The van der Waals surface area contributed by atoms with Crippen molar-refractivity contribution in [1.29, 1.82) is 0 Å². The Hall–Kier alpha value is -6.90. The van der Waals surface area contributed by atoms with Crippen LogP contribution in [-0.4, -0.2) is 4.57 Å². The molecule has 0 bridgehead atoms. The molecular weight excluding hydrogens is 667 g/mol. The van der Waals surface area contributed by atoms with Gasteiger partial charge in [-0.2, -0.15) is 0 Å². The van der Waals surface area contributed by atoms with Crippen molar-refractivity contribution in [2.45, 2.75) is 13.3 Å². The van der Waals surface area contributed by atoms with Crippen LogP contribution in [0.5, 0.6) is 0 Å². The molecule has 2 aliphatic carbocycles. The average Bonchev–Trinajstić information content (AvgIpc) is 3.89. The van der Waals surface area contributed by atoms with Crippen LogP contribution in [0, 0.1) is 5.92 Å². The van der Waals surface area contributed by atoms with Crippen LogP contribution >= 0.6 is 0 Å². The van der Waals surface area contributed by atoms with Crippen molar-refractivity contribution in [2.75, 3.05) is 0 Å². The highest BCUT2D eigenvalue weighted by molar-refractivity contribution is 6.18. The summed E-state index contributed by atoms with van der Waals surface area (Å²) in [5, 5.41) is 6.37. The van der Waals surface area contributed by atoms with Crippen LogP contribution < -0.4 is 0 Å². The first kappa shape index (κ1) is 30.6. The Bertz CT molecular complexity index is 3210. The molecular formula is C53H35NO. The van der Waals surface area contributed by atoms with Gasteiger partial charge in [0.2, 0.25) is 0 Å². The lowest BCUT2D eigenvalue weighted by molar-refractivity contribution is 0.513. The summed E-state index contributed by atoms with van der Waals surface area (Å²) in [6, 6.07) is 60.5. The summed E-state index contributed by atoms with van der Waals surface area (Å²) in [6.45, 7) is 2.24. The van der Waals surface area contributed by atoms with E-state index in [1.807, 2.05) is 0 Å². The number of para-hydroxylation sites is 1. The zero-order valence-corrected chi connectivity index (χ0v) is 30.4. The first-order valence-electron chi connectivity index (χ1n) is 19.3. The summed E-state index contributed by atoms with van der Waals surface area (Å²) in [6.07, 6.45) is 5.49. The van der Waals surface area contributed by atoms with E-state index < -0.39 is 0 Å². The molecule has 2 nitrogen and oxygen atoms in total. The molecule has 2 heterocycles. The molecule has 0 amide bonds. The Balaban J connectivity index is 0.915. The molecule has 2 aliphatic rings. The van der Waals surface area contributed by atoms with Gasteiger partial charge in [-0.3, -0.25) is 0 Å². The van der Waals surface area contributed by atoms with Gasteiger partial charge in [0.1, 0.15) is 11.3 Å². The minimum atomic E-state index is 0.506. The SMILES string of the molecule is CC1C=Cc2c(oc3ccc(-c4ccc5c(c4)c4ccccc4n5-c4ccc(-c5cccc(-c6ccc7c8c(cccc68)-c6ccccc6-7)c5)cc4)cc23)C1. The standard InChI is InChI=1S/C53H35NO/c1-32-16-23-43-48-31-36(20-27-51(48)55-52(43)28-32)35-19-26-50-47(30-35)42-12-4-5-15-49(42)54(50)38-21-17-33(18-22-38)34-8-6-9-37(29-34)39-24-25-46-41-11-3-2-10-40(41)45-14-7-13-44(39)53(45)46/h2-27,29-32H,28H2,1H3. The molecule has 0 saturated heterocycles. The van der Waals surface area contributed by atoms with Gasteiger partial charge in [0, 0.05) is 33.8 Å². The van der Waals surface area contributed by atoms with Gasteiger partial charge < -0.3 is 8.98 Å². The number of hydrogen-bond donors (Lipinski definition) is 0. The third kappa shape index (κ3) is 4.55. The van der Waals surface area contributed by atoms with E-state index >= 15 is 0 Å². The lowest BCUT2D eigenvalue weighted by Crippen LogP contribution is -2.00. The lowest BCUT2D eigenvalue weighted by atomic mass is 9.92. The van der Waals surface area contributed by atoms with Crippen LogP contribution in [0.4, 0.5) is 0 Å². The molecule has 8 aromatic carbocycles. The molecule has 1 atom stereocenters. The number of furan rings is 1. The molecule has 0 N–H and O–H groups in total. The molecule has 55 heavy (non-hydrogen) atoms. The van der Waals surface area contributed by atoms with E-state index in [0.29, 0.717) is 5.92 Å². The van der Waals surface area contributed by atoms with Crippen molar-refractivity contribution in [3.05, 3.63) is 181 Å². The van der Waals surface area contributed by atoms with E-state index in [1.165, 1.54) is 99.2 Å². The molecule has 0 spiro atoms. The lowest BCUT2D eigenvalue weighted by Gasteiger charge is -2.12. The van der Waals surface area contributed by atoms with Crippen molar-refractivity contribution in [1.82, 2.24) is 4.57 Å². The van der Waals surface area contributed by atoms with Crippen LogP contribution in [0.3, 0.4) is 0 Å². The average molecular weight is 702 g/mol. The van der Waals surface area contributed by atoms with Gasteiger partial charge in [0.15, 0.2) is 0 Å². The van der Waals surface area contributed by atoms with E-state index in [-0.39, 0.29) is 0 Å². The summed E-state index contributed by atoms with van der Waals surface area (Å²) in [4.78, 5) is 0. The quantitative estimate of drug-likeness (QED) is 0.179. The minimum Gasteiger partial charge on any atom is -0.460 e. The third-order valence-electron chi connectivity index (χ3n) is 12.1. The smallest absolute Gasteiger partial charge is 0.134 e. The Morgan fingerprint density at radius 2 is 1.11 bits per heavy atom. The van der Waals surface area contributed by atoms with E-state index in [2.05, 4.69) is 187 Å². The maximum absolute atomic E-state index is 6.28. The van der Waals surface area contributed by atoms with E-state index in [9.17, 15) is 0 Å². The summed E-state index contributed by atoms with van der Waals surface area (Å²) in [5.41, 5.74) is 18.4. The molecule has 2 heteroatoms. The number of rotatable bonds is 4. The molecule has 0 radical (unpaired) electrons. The monoisotopic (exact) mass is 701 g/mol. The molecule has 0 aliphatic heterocycles. The topological polar surface area (TPSA) is 18.1 Å². The maximum Gasteiger partial charge on any atom is 0.134 e. The van der Waals surface area contributed by atoms with E-state index in [0.717, 1.165) is 23.5 Å². The first-order chi connectivity index (χ1) is 27.2. The highest BCUT2D eigenvalue weighted by Crippen LogP contribution is 2.49. The summed E-state index contributed by atoms with van der Waals surface area (Å²) in [7, 11) is 0. The number of nitrogens with zero attached hydrogens (tertiary/aromatic N) is 1. The number of fused-ring (bicyclic) bond motifs is 9. The number of benzene rings is 8. The Kier molecular flexibility index (Phi) is 6.41. The number of allylic oxidation sites excluding steroid dienone is 1. The van der Waals surface area contributed by atoms with Gasteiger partial charge in [-0.25, -0.2) is 0 Å². The van der Waals surface area contributed by atoms with Crippen molar-refractivity contribution < 1.29 is 4.42 Å². The van der Waals surface area contributed by atoms with Gasteiger partial charge in [0.05, 0.1) is 11.0 Å². The van der Waals surface area contributed by atoms with Gasteiger partial charge >= 0.3 is 0 Å². The van der Waals surface area contributed by atoms with Crippen molar-refractivity contribution in [2.24, 2.45) is 5.92 Å². The van der Waals surface area contributed by atoms with Crippen LogP contribution in [-0.2, 0) is 6.42 Å². The highest BCUT2D eigenvalue weighted by Gasteiger charge is 2.23. The summed E-state index contributed by atoms with van der Waals surface area (Å²) >= 11 is 0. The zero-order chi connectivity index (χ0) is 36.2. The highest BCUT2D eigenvalue weighted by atomic mass is 16.3. The predicted molar refractivity (Wildman–Crippen MR) is 231 cm³/mol. The fraction of sp³-hybridized carbons (Fsp3) is 0.0566. The molecule has 258 valence electrons. The minimum absolute atomic E-state index is 0.506. The Labute approximate surface area is 319 Å². The predicted octanol–water partition coefficient (Wildman–Crippen LogP) is 14.5. The van der Waals surface area contributed by atoms with Crippen LogP contribution in [0.15, 0.2) is 174 Å². The van der Waals surface area contributed by atoms with E-state index in [4.69, 9.17) is 4.42 Å². The summed E-state index contributed by atoms with van der Waals surface area (Å²) in [5.74, 6) is 1.61. The fourth-order valence-electron chi connectivity index (χ4n) is 9.46. The summed E-state index contributed by atoms with van der Waals surface area (Å²) < 4.78 is 8.68. The normalized spacial score (nSPS) is 14.3. The van der Waals surface area contributed by atoms with Gasteiger partial charge in [0.25, 0.3) is 0 Å². The van der Waals surface area contributed by atoms with Gasteiger partial charge in [-0.15, -0.1) is 0 Å². The number of hydrogen-bond acceptors (Lipinski definition) is 1. The Morgan fingerprint density at radius 3 is 1.98 bits per heavy atom. The van der Waals surface area contributed by atoms with Gasteiger partial charge in [-0.1, -0.05) is 134 Å². The first-order valence-corrected chi connectivity index (χ1v) is 19.3. The fourth-order valence-corrected chi connectivity index (χ4v) is 9.46. The van der Waals surface area contributed by atoms with Gasteiger partial charge in [-0.05, 0) is 121 Å². The second-order valence-electron chi connectivity index (χ2n) is 15.3. The van der Waals surface area contributed by atoms with Crippen molar-refractivity contribution >= 4 is 49.6 Å². The van der Waals surface area contributed by atoms with Crippen LogP contribution in [0.25, 0.3) is 111 Å². The second kappa shape index (κ2) is 11.5. The zero-order valence-electron chi connectivity index (χ0n) is 30.4. The number of aromatic nitrogens is 1. The molecule has 10 aromatic rings. The maximum atomic E-state index is 6.28. The van der Waals surface area contributed by atoms with Crippen LogP contribution in [0.1, 0.15) is 18.2 Å². The molecule has 12 rings (SSSR count).